The maximum atomic E-state index is 12.3. The number of para-hydroxylation sites is 1. The van der Waals surface area contributed by atoms with E-state index in [2.05, 4.69) is 15.0 Å². The van der Waals surface area contributed by atoms with Crippen molar-refractivity contribution in [2.24, 2.45) is 0 Å². The lowest BCUT2D eigenvalue weighted by atomic mass is 10.1. The minimum absolute atomic E-state index is 0.238. The SMILES string of the molecule is CN(CC(=O)Nc1ccc(OC(F)(F)F)cc1)C(=O)C=Cc1cccc2cccnc12. The van der Waals surface area contributed by atoms with Gasteiger partial charge in [0, 0.05) is 36.0 Å². The average Bonchev–Trinajstić information content (AvgIpc) is 2.72. The Bertz CT molecular complexity index is 1110. The van der Waals surface area contributed by atoms with Crippen LogP contribution in [0.1, 0.15) is 5.56 Å². The molecule has 2 amide bonds. The van der Waals surface area contributed by atoms with E-state index in [1.54, 1.807) is 12.3 Å². The summed E-state index contributed by atoms with van der Waals surface area (Å²) >= 11 is 0. The largest absolute Gasteiger partial charge is 0.573 e. The van der Waals surface area contributed by atoms with Crippen molar-refractivity contribution >= 4 is 34.5 Å². The van der Waals surface area contributed by atoms with Gasteiger partial charge in [-0.3, -0.25) is 14.6 Å². The molecule has 0 bridgehead atoms. The molecule has 0 aliphatic heterocycles. The number of anilines is 1. The van der Waals surface area contributed by atoms with Crippen LogP contribution in [-0.4, -0.2) is 41.7 Å². The van der Waals surface area contributed by atoms with Gasteiger partial charge >= 0.3 is 6.36 Å². The lowest BCUT2D eigenvalue weighted by Gasteiger charge is -2.15. The number of nitrogens with zero attached hydrogens (tertiary/aromatic N) is 2. The van der Waals surface area contributed by atoms with Gasteiger partial charge in [-0.1, -0.05) is 24.3 Å². The molecule has 0 aliphatic rings. The minimum Gasteiger partial charge on any atom is -0.406 e. The summed E-state index contributed by atoms with van der Waals surface area (Å²) in [5, 5.41) is 3.45. The van der Waals surface area contributed by atoms with Crippen molar-refractivity contribution in [1.29, 1.82) is 0 Å². The molecule has 0 radical (unpaired) electrons. The molecule has 0 saturated carbocycles. The fourth-order valence-corrected chi connectivity index (χ4v) is 2.78. The van der Waals surface area contributed by atoms with Gasteiger partial charge in [0.25, 0.3) is 0 Å². The lowest BCUT2D eigenvalue weighted by Crippen LogP contribution is -2.33. The second kappa shape index (κ2) is 9.29. The fraction of sp³-hybridized carbons (Fsp3) is 0.136. The summed E-state index contributed by atoms with van der Waals surface area (Å²) in [4.78, 5) is 30.0. The number of alkyl halides is 3. The molecule has 0 fully saturated rings. The van der Waals surface area contributed by atoms with Crippen LogP contribution in [0.3, 0.4) is 0 Å². The zero-order valence-corrected chi connectivity index (χ0v) is 16.4. The first kappa shape index (κ1) is 21.8. The third-order valence-electron chi connectivity index (χ3n) is 4.20. The number of halogens is 3. The molecule has 2 aromatic carbocycles. The second-order valence-electron chi connectivity index (χ2n) is 6.57. The van der Waals surface area contributed by atoms with E-state index in [9.17, 15) is 22.8 Å². The molecule has 0 spiro atoms. The van der Waals surface area contributed by atoms with Gasteiger partial charge in [0.2, 0.25) is 11.8 Å². The van der Waals surface area contributed by atoms with Crippen molar-refractivity contribution in [2.45, 2.75) is 6.36 Å². The van der Waals surface area contributed by atoms with Crippen LogP contribution in [0.4, 0.5) is 18.9 Å². The molecular formula is C22H18F3N3O3. The van der Waals surface area contributed by atoms with Gasteiger partial charge in [0.1, 0.15) is 5.75 Å². The number of hydrogen-bond donors (Lipinski definition) is 1. The Morgan fingerprint density at radius 2 is 1.81 bits per heavy atom. The van der Waals surface area contributed by atoms with Gasteiger partial charge in [0.15, 0.2) is 0 Å². The lowest BCUT2D eigenvalue weighted by molar-refractivity contribution is -0.274. The number of benzene rings is 2. The predicted molar refractivity (Wildman–Crippen MR) is 110 cm³/mol. The van der Waals surface area contributed by atoms with Gasteiger partial charge in [-0.25, -0.2) is 0 Å². The number of rotatable bonds is 6. The number of nitrogens with one attached hydrogen (secondary N) is 1. The van der Waals surface area contributed by atoms with E-state index in [0.717, 1.165) is 28.6 Å². The number of amides is 2. The molecular weight excluding hydrogens is 411 g/mol. The van der Waals surface area contributed by atoms with Gasteiger partial charge in [-0.05, 0) is 36.4 Å². The molecule has 0 atom stereocenters. The number of likely N-dealkylation sites (N-methyl/N-ethyl adjacent to an activating group) is 1. The van der Waals surface area contributed by atoms with E-state index in [0.29, 0.717) is 0 Å². The summed E-state index contributed by atoms with van der Waals surface area (Å²) < 4.78 is 40.3. The highest BCUT2D eigenvalue weighted by Gasteiger charge is 2.30. The smallest absolute Gasteiger partial charge is 0.406 e. The first-order valence-corrected chi connectivity index (χ1v) is 9.14. The Morgan fingerprint density at radius 1 is 1.10 bits per heavy atom. The minimum atomic E-state index is -4.79. The monoisotopic (exact) mass is 429 g/mol. The molecule has 1 aromatic heterocycles. The highest BCUT2D eigenvalue weighted by molar-refractivity contribution is 5.99. The quantitative estimate of drug-likeness (QED) is 0.595. The molecule has 1 heterocycles. The molecule has 1 N–H and O–H groups in total. The van der Waals surface area contributed by atoms with Crippen LogP contribution in [-0.2, 0) is 9.59 Å². The van der Waals surface area contributed by atoms with Crippen LogP contribution in [0, 0.1) is 0 Å². The number of carbonyl (C=O) groups is 2. The first-order chi connectivity index (χ1) is 14.7. The van der Waals surface area contributed by atoms with E-state index in [1.807, 2.05) is 30.3 Å². The normalized spacial score (nSPS) is 11.5. The van der Waals surface area contributed by atoms with Crippen LogP contribution in [0.25, 0.3) is 17.0 Å². The standard InChI is InChI=1S/C22H18F3N3O3/c1-28(14-19(29)27-17-8-10-18(11-9-17)31-22(23,24)25)20(30)12-7-16-5-2-4-15-6-3-13-26-21(15)16/h2-13H,14H2,1H3,(H,27,29). The molecule has 9 heteroatoms. The molecule has 0 saturated heterocycles. The van der Waals surface area contributed by atoms with Gasteiger partial charge in [-0.2, -0.15) is 0 Å². The van der Waals surface area contributed by atoms with Crippen LogP contribution in [0.15, 0.2) is 66.9 Å². The third kappa shape index (κ3) is 6.30. The van der Waals surface area contributed by atoms with Crippen molar-refractivity contribution in [3.63, 3.8) is 0 Å². The van der Waals surface area contributed by atoms with Crippen LogP contribution >= 0.6 is 0 Å². The average molecular weight is 429 g/mol. The zero-order valence-electron chi connectivity index (χ0n) is 16.4. The van der Waals surface area contributed by atoms with Gasteiger partial charge in [0.05, 0.1) is 12.1 Å². The summed E-state index contributed by atoms with van der Waals surface area (Å²) in [7, 11) is 1.47. The Hall–Kier alpha value is -3.88. The van der Waals surface area contributed by atoms with Crippen molar-refractivity contribution in [1.82, 2.24) is 9.88 Å². The molecule has 6 nitrogen and oxygen atoms in total. The Labute approximate surface area is 175 Å². The predicted octanol–water partition coefficient (Wildman–Crippen LogP) is 4.24. The molecule has 31 heavy (non-hydrogen) atoms. The Balaban J connectivity index is 1.56. The van der Waals surface area contributed by atoms with Crippen molar-refractivity contribution in [3.8, 4) is 5.75 Å². The van der Waals surface area contributed by atoms with E-state index in [4.69, 9.17) is 0 Å². The maximum Gasteiger partial charge on any atom is 0.573 e. The third-order valence-corrected chi connectivity index (χ3v) is 4.20. The van der Waals surface area contributed by atoms with Gasteiger partial charge in [-0.15, -0.1) is 13.2 Å². The molecule has 0 unspecified atom stereocenters. The summed E-state index contributed by atoms with van der Waals surface area (Å²) in [6.45, 7) is -0.238. The van der Waals surface area contributed by atoms with Crippen molar-refractivity contribution in [2.75, 3.05) is 18.9 Å². The summed E-state index contributed by atoms with van der Waals surface area (Å²) in [5.41, 5.74) is 1.80. The van der Waals surface area contributed by atoms with E-state index in [1.165, 1.54) is 30.2 Å². The summed E-state index contributed by atoms with van der Waals surface area (Å²) in [6, 6.07) is 14.1. The Kier molecular flexibility index (Phi) is 6.54. The molecule has 0 aliphatic carbocycles. The van der Waals surface area contributed by atoms with Crippen molar-refractivity contribution < 1.29 is 27.5 Å². The van der Waals surface area contributed by atoms with Crippen LogP contribution < -0.4 is 10.1 Å². The van der Waals surface area contributed by atoms with E-state index >= 15 is 0 Å². The zero-order chi connectivity index (χ0) is 22.4. The molecule has 3 rings (SSSR count). The summed E-state index contributed by atoms with van der Waals surface area (Å²) in [5.74, 6) is -1.29. The van der Waals surface area contributed by atoms with E-state index < -0.39 is 23.9 Å². The van der Waals surface area contributed by atoms with Crippen LogP contribution in [0.5, 0.6) is 5.75 Å². The highest BCUT2D eigenvalue weighted by Crippen LogP contribution is 2.24. The molecule has 160 valence electrons. The Morgan fingerprint density at radius 3 is 2.52 bits per heavy atom. The first-order valence-electron chi connectivity index (χ1n) is 9.14. The number of aromatic nitrogens is 1. The number of hydrogen-bond acceptors (Lipinski definition) is 4. The van der Waals surface area contributed by atoms with Crippen molar-refractivity contribution in [3.05, 3.63) is 72.4 Å². The number of fused-ring (bicyclic) bond motifs is 1. The topological polar surface area (TPSA) is 71.5 Å². The number of carbonyl (C=O) groups excluding carboxylic acids is 2. The van der Waals surface area contributed by atoms with Gasteiger partial charge < -0.3 is 15.0 Å². The second-order valence-corrected chi connectivity index (χ2v) is 6.57. The maximum absolute atomic E-state index is 12.3. The van der Waals surface area contributed by atoms with Crippen LogP contribution in [0.2, 0.25) is 0 Å². The number of ether oxygens (including phenoxy) is 1. The summed E-state index contributed by atoms with van der Waals surface area (Å²) in [6.07, 6.45) is -0.144. The highest BCUT2D eigenvalue weighted by atomic mass is 19.4. The molecule has 3 aromatic rings. The number of pyridine rings is 1. The van der Waals surface area contributed by atoms with E-state index in [-0.39, 0.29) is 12.2 Å². The fourth-order valence-electron chi connectivity index (χ4n) is 2.78.